The van der Waals surface area contributed by atoms with Crippen molar-refractivity contribution in [1.82, 2.24) is 30.5 Å². The number of aromatic nitrogens is 3. The van der Waals surface area contributed by atoms with E-state index in [0.717, 1.165) is 11.9 Å². The largest absolute Gasteiger partial charge is 0.394 e. The fourth-order valence-electron chi connectivity index (χ4n) is 5.57. The van der Waals surface area contributed by atoms with Gasteiger partial charge in [0.25, 0.3) is 0 Å². The van der Waals surface area contributed by atoms with E-state index in [1.54, 1.807) is 11.7 Å². The lowest BCUT2D eigenvalue weighted by molar-refractivity contribution is -0.144. The molecule has 188 valence electrons. The van der Waals surface area contributed by atoms with E-state index in [4.69, 9.17) is 0 Å². The van der Waals surface area contributed by atoms with Gasteiger partial charge in [-0.25, -0.2) is 4.68 Å². The predicted octanol–water partition coefficient (Wildman–Crippen LogP) is 0.923. The summed E-state index contributed by atoms with van der Waals surface area (Å²) in [5.74, 6) is -2.74. The maximum Gasteiger partial charge on any atom is 0.244 e. The molecule has 0 bridgehead atoms. The Hall–Kier alpha value is -3.27. The molecule has 1 aromatic carbocycles. The lowest BCUT2D eigenvalue weighted by atomic mass is 9.70. The van der Waals surface area contributed by atoms with Gasteiger partial charge in [0.2, 0.25) is 17.7 Å². The van der Waals surface area contributed by atoms with Gasteiger partial charge in [0.1, 0.15) is 18.2 Å². The zero-order chi connectivity index (χ0) is 25.3. The van der Waals surface area contributed by atoms with Crippen LogP contribution in [0.15, 0.2) is 36.4 Å². The summed E-state index contributed by atoms with van der Waals surface area (Å²) < 4.78 is 1.59. The number of likely N-dealkylation sites (tertiary alicyclic amines) is 1. The molecule has 7 atom stereocenters. The second-order valence-corrected chi connectivity index (χ2v) is 9.59. The Balaban J connectivity index is 1.68. The molecule has 3 amide bonds. The first-order valence-corrected chi connectivity index (χ1v) is 12.2. The van der Waals surface area contributed by atoms with E-state index in [1.165, 1.54) is 4.90 Å². The smallest absolute Gasteiger partial charge is 0.244 e. The van der Waals surface area contributed by atoms with Gasteiger partial charge in [0.05, 0.1) is 30.0 Å². The van der Waals surface area contributed by atoms with Gasteiger partial charge >= 0.3 is 0 Å². The Morgan fingerprint density at radius 1 is 1.20 bits per heavy atom. The summed E-state index contributed by atoms with van der Waals surface area (Å²) in [5.41, 5.74) is 1.50. The Morgan fingerprint density at radius 3 is 2.63 bits per heavy atom. The number of aliphatic hydroxyl groups excluding tert-OH is 1. The molecule has 1 aliphatic heterocycles. The molecule has 0 saturated carbocycles. The molecule has 0 unspecified atom stereocenters. The monoisotopic (exact) mass is 482 g/mol. The van der Waals surface area contributed by atoms with Gasteiger partial charge in [-0.15, -0.1) is 5.10 Å². The average molecular weight is 483 g/mol. The van der Waals surface area contributed by atoms with Crippen molar-refractivity contribution in [2.75, 3.05) is 13.7 Å². The third-order valence-electron chi connectivity index (χ3n) is 7.70. The number of benzene rings is 1. The number of carbonyl (C=O) groups excluding carboxylic acids is 3. The molecule has 2 aliphatic rings. The predicted molar refractivity (Wildman–Crippen MR) is 129 cm³/mol. The SMILES string of the molecule is CC[C@H](C)[C@H](CO)N1C(=O)[C@H]2[C@H](C=C[C@@H](C)[C@H]2C(=O)NC)[C@H]1C(=O)NCn1nnc2ccccc21. The van der Waals surface area contributed by atoms with Crippen molar-refractivity contribution in [3.63, 3.8) is 0 Å². The fraction of sp³-hybridized carbons (Fsp3) is 0.560. The first-order valence-electron chi connectivity index (χ1n) is 12.2. The van der Waals surface area contributed by atoms with Crippen molar-refractivity contribution < 1.29 is 19.5 Å². The average Bonchev–Trinajstić information content (AvgIpc) is 3.41. The highest BCUT2D eigenvalue weighted by molar-refractivity contribution is 5.97. The van der Waals surface area contributed by atoms with E-state index >= 15 is 0 Å². The standard InChI is InChI=1S/C25H34N6O4/c1-5-14(2)19(12-32)31-22(16-11-10-15(3)20(23(33)26-4)21(16)25(31)35)24(34)27-13-30-18-9-7-6-8-17(18)28-29-30/h6-11,14-16,19-22,32H,5,12-13H2,1-4H3,(H,26,33)(H,27,34)/t14-,15+,16-,19-,20+,21-,22-/m0/s1. The van der Waals surface area contributed by atoms with Crippen LogP contribution in [0, 0.1) is 29.6 Å². The highest BCUT2D eigenvalue weighted by Gasteiger charge is 2.58. The van der Waals surface area contributed by atoms with Gasteiger partial charge in [0, 0.05) is 13.0 Å². The summed E-state index contributed by atoms with van der Waals surface area (Å²) in [7, 11) is 1.56. The number of nitrogens with zero attached hydrogens (tertiary/aromatic N) is 4. The van der Waals surface area contributed by atoms with Crippen LogP contribution in [0.5, 0.6) is 0 Å². The molecule has 2 aromatic rings. The molecular formula is C25H34N6O4. The van der Waals surface area contributed by atoms with E-state index in [1.807, 2.05) is 57.2 Å². The third kappa shape index (κ3) is 4.31. The molecular weight excluding hydrogens is 448 g/mol. The van der Waals surface area contributed by atoms with Crippen molar-refractivity contribution in [2.45, 2.75) is 45.9 Å². The Kier molecular flexibility index (Phi) is 7.20. The van der Waals surface area contributed by atoms with Crippen LogP contribution in [0.3, 0.4) is 0 Å². The molecule has 10 nitrogen and oxygen atoms in total. The van der Waals surface area contributed by atoms with Gasteiger partial charge in [-0.1, -0.05) is 56.7 Å². The zero-order valence-electron chi connectivity index (χ0n) is 20.6. The van der Waals surface area contributed by atoms with Crippen LogP contribution in [0.4, 0.5) is 0 Å². The summed E-state index contributed by atoms with van der Waals surface area (Å²) in [6.07, 6.45) is 4.54. The maximum absolute atomic E-state index is 13.9. The van der Waals surface area contributed by atoms with Gasteiger partial charge in [-0.2, -0.15) is 0 Å². The second kappa shape index (κ2) is 10.2. The second-order valence-electron chi connectivity index (χ2n) is 9.59. The fourth-order valence-corrected chi connectivity index (χ4v) is 5.57. The van der Waals surface area contributed by atoms with E-state index in [9.17, 15) is 19.5 Å². The molecule has 1 aromatic heterocycles. The van der Waals surface area contributed by atoms with Crippen LogP contribution in [0.2, 0.25) is 0 Å². The van der Waals surface area contributed by atoms with Crippen molar-refractivity contribution in [1.29, 1.82) is 0 Å². The summed E-state index contributed by atoms with van der Waals surface area (Å²) in [4.78, 5) is 41.9. The van der Waals surface area contributed by atoms with E-state index in [2.05, 4.69) is 20.9 Å². The van der Waals surface area contributed by atoms with Crippen LogP contribution >= 0.6 is 0 Å². The molecule has 2 heterocycles. The molecule has 10 heteroatoms. The molecule has 4 rings (SSSR count). The first-order chi connectivity index (χ1) is 16.8. The Morgan fingerprint density at radius 2 is 1.94 bits per heavy atom. The highest BCUT2D eigenvalue weighted by Crippen LogP contribution is 2.45. The molecule has 0 radical (unpaired) electrons. The zero-order valence-corrected chi connectivity index (χ0v) is 20.6. The minimum absolute atomic E-state index is 0.0292. The lowest BCUT2D eigenvalue weighted by Gasteiger charge is -2.36. The number of nitrogens with one attached hydrogen (secondary N) is 2. The minimum atomic E-state index is -0.843. The summed E-state index contributed by atoms with van der Waals surface area (Å²) >= 11 is 0. The quantitative estimate of drug-likeness (QED) is 0.480. The van der Waals surface area contributed by atoms with Gasteiger partial charge < -0.3 is 20.6 Å². The number of hydrogen-bond donors (Lipinski definition) is 3. The summed E-state index contributed by atoms with van der Waals surface area (Å²) in [6, 6.07) is 6.07. The van der Waals surface area contributed by atoms with Crippen molar-refractivity contribution in [2.24, 2.45) is 29.6 Å². The van der Waals surface area contributed by atoms with Crippen molar-refractivity contribution >= 4 is 28.8 Å². The Bertz CT molecular complexity index is 1130. The van der Waals surface area contributed by atoms with Crippen molar-refractivity contribution in [3.8, 4) is 0 Å². The van der Waals surface area contributed by atoms with Crippen LogP contribution in [0.25, 0.3) is 11.0 Å². The highest BCUT2D eigenvalue weighted by atomic mass is 16.3. The molecule has 1 aliphatic carbocycles. The maximum atomic E-state index is 13.9. The topological polar surface area (TPSA) is 129 Å². The number of carbonyl (C=O) groups is 3. The molecule has 3 N–H and O–H groups in total. The van der Waals surface area contributed by atoms with Crippen LogP contribution < -0.4 is 10.6 Å². The molecule has 1 saturated heterocycles. The molecule has 1 fully saturated rings. The van der Waals surface area contributed by atoms with E-state index < -0.39 is 29.8 Å². The van der Waals surface area contributed by atoms with Crippen LogP contribution in [0.1, 0.15) is 27.2 Å². The van der Waals surface area contributed by atoms with Gasteiger partial charge in [-0.3, -0.25) is 14.4 Å². The molecule has 0 spiro atoms. The van der Waals surface area contributed by atoms with Crippen LogP contribution in [-0.4, -0.2) is 68.5 Å². The number of aliphatic hydroxyl groups is 1. The first kappa shape index (κ1) is 24.8. The number of fused-ring (bicyclic) bond motifs is 2. The van der Waals surface area contributed by atoms with Gasteiger partial charge in [0.15, 0.2) is 0 Å². The summed E-state index contributed by atoms with van der Waals surface area (Å²) in [6.45, 7) is 5.68. The summed E-state index contributed by atoms with van der Waals surface area (Å²) in [5, 5.41) is 24.1. The van der Waals surface area contributed by atoms with Crippen molar-refractivity contribution in [3.05, 3.63) is 36.4 Å². The number of hydrogen-bond acceptors (Lipinski definition) is 6. The van der Waals surface area contributed by atoms with E-state index in [-0.39, 0.29) is 42.8 Å². The van der Waals surface area contributed by atoms with Crippen LogP contribution in [-0.2, 0) is 21.1 Å². The number of amides is 3. The van der Waals surface area contributed by atoms with E-state index in [0.29, 0.717) is 5.52 Å². The minimum Gasteiger partial charge on any atom is -0.394 e. The third-order valence-corrected chi connectivity index (χ3v) is 7.70. The number of para-hydroxylation sites is 1. The number of rotatable bonds is 8. The Labute approximate surface area is 204 Å². The van der Waals surface area contributed by atoms with Gasteiger partial charge in [-0.05, 0) is 24.0 Å². The molecule has 35 heavy (non-hydrogen) atoms. The lowest BCUT2D eigenvalue weighted by Crippen LogP contribution is -2.54. The number of allylic oxidation sites excluding steroid dienone is 1. The normalized spacial score (nSPS) is 27.5.